The molecule has 4 heteroatoms. The van der Waals surface area contributed by atoms with Crippen LogP contribution in [0.15, 0.2) is 12.1 Å². The minimum atomic E-state index is 0.697. The third-order valence-corrected chi connectivity index (χ3v) is 3.04. The number of ether oxygens (including phenoxy) is 2. The molecule has 1 aromatic carbocycles. The van der Waals surface area contributed by atoms with Crippen molar-refractivity contribution >= 4 is 16.6 Å². The van der Waals surface area contributed by atoms with Crippen molar-refractivity contribution in [3.63, 3.8) is 0 Å². The van der Waals surface area contributed by atoms with Crippen molar-refractivity contribution in [1.82, 2.24) is 4.98 Å². The second-order valence-corrected chi connectivity index (χ2v) is 3.93. The highest BCUT2D eigenvalue weighted by atomic mass is 16.5. The molecule has 0 bridgehead atoms. The van der Waals surface area contributed by atoms with E-state index in [1.165, 1.54) is 0 Å². The Hall–Kier alpha value is -1.97. The smallest absolute Gasteiger partial charge is 0.145 e. The van der Waals surface area contributed by atoms with E-state index < -0.39 is 0 Å². The van der Waals surface area contributed by atoms with Gasteiger partial charge >= 0.3 is 0 Å². The van der Waals surface area contributed by atoms with Gasteiger partial charge in [0, 0.05) is 11.4 Å². The fourth-order valence-corrected chi connectivity index (χ4v) is 1.89. The molecule has 0 atom stereocenters. The molecule has 0 unspecified atom stereocenters. The topological polar surface area (TPSA) is 57.4 Å². The molecule has 0 radical (unpaired) electrons. The maximum absolute atomic E-state index is 6.14. The van der Waals surface area contributed by atoms with Gasteiger partial charge in [-0.1, -0.05) is 0 Å². The van der Waals surface area contributed by atoms with Crippen LogP contribution in [0.5, 0.6) is 11.5 Å². The molecule has 2 N–H and O–H groups in total. The Labute approximate surface area is 100 Å². The zero-order valence-electron chi connectivity index (χ0n) is 10.5. The molecule has 4 nitrogen and oxygen atoms in total. The van der Waals surface area contributed by atoms with Gasteiger partial charge in [0.1, 0.15) is 17.0 Å². The number of rotatable bonds is 2. The van der Waals surface area contributed by atoms with E-state index in [0.717, 1.165) is 22.2 Å². The first-order valence-corrected chi connectivity index (χ1v) is 5.37. The highest BCUT2D eigenvalue weighted by Gasteiger charge is 2.14. The molecule has 1 heterocycles. The van der Waals surface area contributed by atoms with Crippen molar-refractivity contribution < 1.29 is 9.47 Å². The van der Waals surface area contributed by atoms with Crippen LogP contribution >= 0.6 is 0 Å². The van der Waals surface area contributed by atoms with E-state index in [1.807, 2.05) is 26.0 Å². The van der Waals surface area contributed by atoms with E-state index >= 15 is 0 Å². The maximum atomic E-state index is 6.14. The number of nitrogens with zero attached hydrogens (tertiary/aromatic N) is 1. The van der Waals surface area contributed by atoms with E-state index in [4.69, 9.17) is 15.2 Å². The lowest BCUT2D eigenvalue weighted by Gasteiger charge is -2.14. The molecule has 2 rings (SSSR count). The summed E-state index contributed by atoms with van der Waals surface area (Å²) in [5.74, 6) is 1.42. The number of benzene rings is 1. The van der Waals surface area contributed by atoms with Gasteiger partial charge in [0.25, 0.3) is 0 Å². The average molecular weight is 232 g/mol. The van der Waals surface area contributed by atoms with E-state index in [0.29, 0.717) is 17.2 Å². The maximum Gasteiger partial charge on any atom is 0.145 e. The molecular formula is C13H16N2O2. The minimum absolute atomic E-state index is 0.697. The van der Waals surface area contributed by atoms with Crippen molar-refractivity contribution in [3.05, 3.63) is 23.4 Å². The Balaban J connectivity index is 2.96. The Morgan fingerprint density at radius 3 is 2.24 bits per heavy atom. The Morgan fingerprint density at radius 1 is 1.06 bits per heavy atom. The predicted octanol–water partition coefficient (Wildman–Crippen LogP) is 2.45. The van der Waals surface area contributed by atoms with Gasteiger partial charge in [-0.3, -0.25) is 0 Å². The second-order valence-electron chi connectivity index (χ2n) is 3.93. The Morgan fingerprint density at radius 2 is 1.65 bits per heavy atom. The second kappa shape index (κ2) is 4.13. The van der Waals surface area contributed by atoms with Crippen LogP contribution in [0, 0.1) is 13.8 Å². The first kappa shape index (κ1) is 11.5. The van der Waals surface area contributed by atoms with E-state index in [2.05, 4.69) is 4.98 Å². The molecule has 2 aromatic rings. The number of fused-ring (bicyclic) bond motifs is 1. The van der Waals surface area contributed by atoms with Gasteiger partial charge in [-0.2, -0.15) is 0 Å². The number of pyridine rings is 1. The lowest BCUT2D eigenvalue weighted by atomic mass is 10.1. The SMILES string of the molecule is COc1ccc(OC)c2c(N)c(C)c(C)nc12. The van der Waals surface area contributed by atoms with Crippen molar-refractivity contribution in [2.75, 3.05) is 20.0 Å². The lowest BCUT2D eigenvalue weighted by molar-refractivity contribution is 0.410. The van der Waals surface area contributed by atoms with Gasteiger partial charge in [-0.25, -0.2) is 4.98 Å². The van der Waals surface area contributed by atoms with Crippen molar-refractivity contribution in [3.8, 4) is 11.5 Å². The largest absolute Gasteiger partial charge is 0.496 e. The molecule has 0 amide bonds. The van der Waals surface area contributed by atoms with Gasteiger partial charge in [0.05, 0.1) is 19.6 Å². The number of nitrogen functional groups attached to an aromatic ring is 1. The zero-order valence-corrected chi connectivity index (χ0v) is 10.5. The molecule has 90 valence electrons. The molecule has 0 aliphatic heterocycles. The summed E-state index contributed by atoms with van der Waals surface area (Å²) in [4.78, 5) is 4.53. The summed E-state index contributed by atoms with van der Waals surface area (Å²) in [5.41, 5.74) is 9.46. The molecule has 0 fully saturated rings. The predicted molar refractivity (Wildman–Crippen MR) is 68.7 cm³/mol. The first-order chi connectivity index (χ1) is 8.10. The number of hydrogen-bond acceptors (Lipinski definition) is 4. The summed E-state index contributed by atoms with van der Waals surface area (Å²) in [6.07, 6.45) is 0. The van der Waals surface area contributed by atoms with Crippen LogP contribution in [0.1, 0.15) is 11.3 Å². The van der Waals surface area contributed by atoms with Gasteiger partial charge < -0.3 is 15.2 Å². The molecular weight excluding hydrogens is 216 g/mol. The molecule has 0 spiro atoms. The summed E-state index contributed by atoms with van der Waals surface area (Å²) in [6.45, 7) is 3.89. The van der Waals surface area contributed by atoms with Crippen LogP contribution in [0.25, 0.3) is 10.9 Å². The number of hydrogen-bond donors (Lipinski definition) is 1. The summed E-state index contributed by atoms with van der Waals surface area (Å²) in [5, 5.41) is 0.815. The average Bonchev–Trinajstić information content (AvgIpc) is 2.34. The highest BCUT2D eigenvalue weighted by molar-refractivity contribution is 6.00. The van der Waals surface area contributed by atoms with Crippen LogP contribution in [0.4, 0.5) is 5.69 Å². The van der Waals surface area contributed by atoms with Crippen LogP contribution in [-0.2, 0) is 0 Å². The fourth-order valence-electron chi connectivity index (χ4n) is 1.89. The zero-order chi connectivity index (χ0) is 12.6. The molecule has 17 heavy (non-hydrogen) atoms. The Kier molecular flexibility index (Phi) is 2.79. The summed E-state index contributed by atoms with van der Waals surface area (Å²) in [7, 11) is 3.24. The highest BCUT2D eigenvalue weighted by Crippen LogP contribution is 2.37. The Bertz CT molecular complexity index is 579. The minimum Gasteiger partial charge on any atom is -0.496 e. The summed E-state index contributed by atoms with van der Waals surface area (Å²) >= 11 is 0. The van der Waals surface area contributed by atoms with Crippen LogP contribution in [-0.4, -0.2) is 19.2 Å². The summed E-state index contributed by atoms with van der Waals surface area (Å²) < 4.78 is 10.6. The van der Waals surface area contributed by atoms with Gasteiger partial charge in [0.2, 0.25) is 0 Å². The third-order valence-electron chi connectivity index (χ3n) is 3.04. The molecule has 0 saturated heterocycles. The normalized spacial score (nSPS) is 10.6. The van der Waals surface area contributed by atoms with Crippen molar-refractivity contribution in [1.29, 1.82) is 0 Å². The van der Waals surface area contributed by atoms with Crippen molar-refractivity contribution in [2.45, 2.75) is 13.8 Å². The standard InChI is InChI=1S/C13H16N2O2/c1-7-8(2)15-13-10(17-4)6-5-9(16-3)11(13)12(7)14/h5-6H,1-4H3,(H2,14,15). The van der Waals surface area contributed by atoms with Gasteiger partial charge in [-0.15, -0.1) is 0 Å². The van der Waals surface area contributed by atoms with E-state index in [1.54, 1.807) is 14.2 Å². The third kappa shape index (κ3) is 1.65. The number of aryl methyl sites for hydroxylation is 1. The number of anilines is 1. The summed E-state index contributed by atoms with van der Waals surface area (Å²) in [6, 6.07) is 3.68. The van der Waals surface area contributed by atoms with Crippen molar-refractivity contribution in [2.24, 2.45) is 0 Å². The van der Waals surface area contributed by atoms with Gasteiger partial charge in [0.15, 0.2) is 0 Å². The van der Waals surface area contributed by atoms with E-state index in [9.17, 15) is 0 Å². The van der Waals surface area contributed by atoms with Crippen LogP contribution < -0.4 is 15.2 Å². The molecule has 1 aromatic heterocycles. The first-order valence-electron chi connectivity index (χ1n) is 5.37. The fraction of sp³-hybridized carbons (Fsp3) is 0.308. The molecule has 0 aliphatic rings. The number of methoxy groups -OCH3 is 2. The van der Waals surface area contributed by atoms with Crippen LogP contribution in [0.2, 0.25) is 0 Å². The lowest BCUT2D eigenvalue weighted by Crippen LogP contribution is -2.00. The quantitative estimate of drug-likeness (QED) is 0.864. The van der Waals surface area contributed by atoms with Crippen LogP contribution in [0.3, 0.4) is 0 Å². The molecule has 0 aliphatic carbocycles. The monoisotopic (exact) mass is 232 g/mol. The van der Waals surface area contributed by atoms with E-state index in [-0.39, 0.29) is 0 Å². The van der Waals surface area contributed by atoms with Gasteiger partial charge in [-0.05, 0) is 31.5 Å². The molecule has 0 saturated carbocycles. The number of nitrogens with two attached hydrogens (primary N) is 1. The number of aromatic nitrogens is 1.